The molecule has 0 saturated heterocycles. The topological polar surface area (TPSA) is 55.8 Å². The Balaban J connectivity index is 3.23. The maximum absolute atomic E-state index is 11.1. The van der Waals surface area contributed by atoms with Gasteiger partial charge in [0.1, 0.15) is 16.0 Å². The van der Waals surface area contributed by atoms with Gasteiger partial charge in [-0.05, 0) is 55.8 Å². The van der Waals surface area contributed by atoms with E-state index in [0.29, 0.717) is 16.0 Å². The highest BCUT2D eigenvalue weighted by atomic mass is 79.9. The van der Waals surface area contributed by atoms with Crippen molar-refractivity contribution in [1.29, 1.82) is 0 Å². The van der Waals surface area contributed by atoms with E-state index < -0.39 is 5.97 Å². The van der Waals surface area contributed by atoms with Crippen LogP contribution in [0.1, 0.15) is 38.1 Å². The van der Waals surface area contributed by atoms with E-state index in [0.717, 1.165) is 0 Å². The fraction of sp³-hybridized carbons (Fsp3) is 0.462. The second-order valence-electron chi connectivity index (χ2n) is 4.42. The highest BCUT2D eigenvalue weighted by molar-refractivity contribution is 9.10. The largest absolute Gasteiger partial charge is 0.490 e. The number of halogens is 1. The number of carbonyl (C=O) groups is 1. The van der Waals surface area contributed by atoms with E-state index in [4.69, 9.17) is 14.6 Å². The molecule has 4 nitrogen and oxygen atoms in total. The van der Waals surface area contributed by atoms with Gasteiger partial charge in [-0.1, -0.05) is 0 Å². The lowest BCUT2D eigenvalue weighted by molar-refractivity contribution is 0.0695. The van der Waals surface area contributed by atoms with Gasteiger partial charge in [0.2, 0.25) is 0 Å². The summed E-state index contributed by atoms with van der Waals surface area (Å²) in [4.78, 5) is 11.1. The average Bonchev–Trinajstić information content (AvgIpc) is 2.22. The molecule has 18 heavy (non-hydrogen) atoms. The molecule has 0 fully saturated rings. The van der Waals surface area contributed by atoms with Gasteiger partial charge in [-0.25, -0.2) is 4.79 Å². The van der Waals surface area contributed by atoms with Crippen LogP contribution in [0.15, 0.2) is 16.6 Å². The molecule has 1 aromatic rings. The van der Waals surface area contributed by atoms with Crippen molar-refractivity contribution in [2.75, 3.05) is 0 Å². The summed E-state index contributed by atoms with van der Waals surface area (Å²) in [5.41, 5.74) is 0.143. The van der Waals surface area contributed by atoms with Gasteiger partial charge in [0.25, 0.3) is 0 Å². The second-order valence-corrected chi connectivity index (χ2v) is 5.22. The summed E-state index contributed by atoms with van der Waals surface area (Å²) in [6.45, 7) is 7.51. The third-order valence-electron chi connectivity index (χ3n) is 1.98. The number of aromatic carboxylic acids is 1. The van der Waals surface area contributed by atoms with Crippen LogP contribution in [0.3, 0.4) is 0 Å². The van der Waals surface area contributed by atoms with Crippen LogP contribution < -0.4 is 9.47 Å². The van der Waals surface area contributed by atoms with Crippen molar-refractivity contribution in [3.63, 3.8) is 0 Å². The number of carboxylic acids is 1. The van der Waals surface area contributed by atoms with Gasteiger partial charge in [-0.2, -0.15) is 0 Å². The van der Waals surface area contributed by atoms with Crippen LogP contribution in [0.5, 0.6) is 11.5 Å². The number of carboxylic acid groups (broad SMARTS) is 1. The third-order valence-corrected chi connectivity index (χ3v) is 2.76. The zero-order valence-electron chi connectivity index (χ0n) is 10.9. The molecule has 0 atom stereocenters. The first-order valence-electron chi connectivity index (χ1n) is 5.71. The Hall–Kier alpha value is -1.23. The summed E-state index contributed by atoms with van der Waals surface area (Å²) in [6.07, 6.45) is -0.0884. The van der Waals surface area contributed by atoms with Crippen molar-refractivity contribution >= 4 is 21.9 Å². The molecule has 0 amide bonds. The van der Waals surface area contributed by atoms with E-state index in [-0.39, 0.29) is 17.8 Å². The van der Waals surface area contributed by atoms with Gasteiger partial charge in [0.15, 0.2) is 0 Å². The number of rotatable bonds is 5. The number of hydrogen-bond acceptors (Lipinski definition) is 3. The van der Waals surface area contributed by atoms with E-state index in [2.05, 4.69) is 15.9 Å². The number of benzene rings is 1. The summed E-state index contributed by atoms with van der Waals surface area (Å²) in [5, 5.41) is 9.07. The Morgan fingerprint density at radius 3 is 1.78 bits per heavy atom. The Labute approximate surface area is 115 Å². The standard InChI is InChI=1S/C13H17BrO4/c1-7(2)17-10-5-9(13(15)16)6-11(12(10)14)18-8(3)4/h5-8H,1-4H3,(H,15,16). The Morgan fingerprint density at radius 1 is 1.11 bits per heavy atom. The van der Waals surface area contributed by atoms with E-state index in [1.54, 1.807) is 0 Å². The molecule has 0 aromatic heterocycles. The van der Waals surface area contributed by atoms with Gasteiger partial charge in [0.05, 0.1) is 17.8 Å². The normalized spacial score (nSPS) is 10.8. The first kappa shape index (κ1) is 14.8. The zero-order valence-corrected chi connectivity index (χ0v) is 12.4. The summed E-state index contributed by atoms with van der Waals surface area (Å²) in [6, 6.07) is 2.97. The number of hydrogen-bond donors (Lipinski definition) is 1. The first-order valence-corrected chi connectivity index (χ1v) is 6.50. The maximum atomic E-state index is 11.1. The van der Waals surface area contributed by atoms with E-state index in [9.17, 15) is 4.79 Å². The molecule has 0 aliphatic rings. The van der Waals surface area contributed by atoms with E-state index >= 15 is 0 Å². The monoisotopic (exact) mass is 316 g/mol. The van der Waals surface area contributed by atoms with Crippen LogP contribution >= 0.6 is 15.9 Å². The fourth-order valence-corrected chi connectivity index (χ4v) is 1.79. The van der Waals surface area contributed by atoms with Crippen LogP contribution in [-0.4, -0.2) is 23.3 Å². The molecule has 0 heterocycles. The molecular weight excluding hydrogens is 300 g/mol. The first-order chi connectivity index (χ1) is 8.31. The molecule has 0 bridgehead atoms. The zero-order chi connectivity index (χ0) is 13.9. The molecule has 0 saturated carbocycles. The van der Waals surface area contributed by atoms with Crippen molar-refractivity contribution in [2.45, 2.75) is 39.9 Å². The third kappa shape index (κ3) is 3.91. The molecule has 1 aromatic carbocycles. The number of ether oxygens (including phenoxy) is 2. The smallest absolute Gasteiger partial charge is 0.335 e. The van der Waals surface area contributed by atoms with Crippen molar-refractivity contribution in [2.24, 2.45) is 0 Å². The molecule has 5 heteroatoms. The summed E-state index contributed by atoms with van der Waals surface area (Å²) in [7, 11) is 0. The predicted molar refractivity (Wildman–Crippen MR) is 72.6 cm³/mol. The van der Waals surface area contributed by atoms with Gasteiger partial charge in [-0.3, -0.25) is 0 Å². The molecule has 0 unspecified atom stereocenters. The molecular formula is C13H17BrO4. The van der Waals surface area contributed by atoms with Crippen LogP contribution in [-0.2, 0) is 0 Å². The van der Waals surface area contributed by atoms with Gasteiger partial charge >= 0.3 is 5.97 Å². The van der Waals surface area contributed by atoms with E-state index in [1.165, 1.54) is 12.1 Å². The van der Waals surface area contributed by atoms with Crippen LogP contribution in [0.25, 0.3) is 0 Å². The predicted octanol–water partition coefficient (Wildman–Crippen LogP) is 3.72. The molecule has 0 aliphatic heterocycles. The molecule has 0 spiro atoms. The lowest BCUT2D eigenvalue weighted by Crippen LogP contribution is -2.10. The SMILES string of the molecule is CC(C)Oc1cc(C(=O)O)cc(OC(C)C)c1Br. The highest BCUT2D eigenvalue weighted by Gasteiger charge is 2.16. The Morgan fingerprint density at radius 2 is 1.50 bits per heavy atom. The second kappa shape index (κ2) is 6.09. The van der Waals surface area contributed by atoms with Crippen LogP contribution in [0.2, 0.25) is 0 Å². The summed E-state index contributed by atoms with van der Waals surface area (Å²) < 4.78 is 11.8. The minimum absolute atomic E-state index is 0.0442. The fourth-order valence-electron chi connectivity index (χ4n) is 1.38. The molecule has 100 valence electrons. The molecule has 0 aliphatic carbocycles. The quantitative estimate of drug-likeness (QED) is 0.899. The van der Waals surface area contributed by atoms with Gasteiger partial charge in [-0.15, -0.1) is 0 Å². The van der Waals surface area contributed by atoms with Gasteiger partial charge in [0, 0.05) is 0 Å². The Bertz CT molecular complexity index is 410. The van der Waals surface area contributed by atoms with Crippen molar-refractivity contribution < 1.29 is 19.4 Å². The highest BCUT2D eigenvalue weighted by Crippen LogP contribution is 2.37. The summed E-state index contributed by atoms with van der Waals surface area (Å²) in [5.74, 6) is -0.0641. The van der Waals surface area contributed by atoms with Crippen LogP contribution in [0.4, 0.5) is 0 Å². The van der Waals surface area contributed by atoms with Crippen molar-refractivity contribution in [3.05, 3.63) is 22.2 Å². The van der Waals surface area contributed by atoms with E-state index in [1.807, 2.05) is 27.7 Å². The minimum Gasteiger partial charge on any atom is -0.490 e. The summed E-state index contributed by atoms with van der Waals surface area (Å²) >= 11 is 3.38. The van der Waals surface area contributed by atoms with Crippen molar-refractivity contribution in [1.82, 2.24) is 0 Å². The molecule has 0 radical (unpaired) electrons. The molecule has 1 rings (SSSR count). The van der Waals surface area contributed by atoms with Crippen LogP contribution in [0, 0.1) is 0 Å². The average molecular weight is 317 g/mol. The Kier molecular flexibility index (Phi) is 5.02. The van der Waals surface area contributed by atoms with Gasteiger partial charge < -0.3 is 14.6 Å². The van der Waals surface area contributed by atoms with Crippen molar-refractivity contribution in [3.8, 4) is 11.5 Å². The molecule has 1 N–H and O–H groups in total. The lowest BCUT2D eigenvalue weighted by Gasteiger charge is -2.17. The maximum Gasteiger partial charge on any atom is 0.335 e. The lowest BCUT2D eigenvalue weighted by atomic mass is 10.2. The minimum atomic E-state index is -1.01.